The Hall–Kier alpha value is -1.42. The van der Waals surface area contributed by atoms with Crippen molar-refractivity contribution in [1.82, 2.24) is 0 Å². The SMILES string of the molecule is CCCCC(O)/C=C/C=C/C(=O)CCCCCCCC(=O)O. The summed E-state index contributed by atoms with van der Waals surface area (Å²) in [5.41, 5.74) is 0. The van der Waals surface area contributed by atoms with E-state index in [9.17, 15) is 14.7 Å². The second-order valence-electron chi connectivity index (χ2n) is 5.58. The van der Waals surface area contributed by atoms with E-state index < -0.39 is 12.1 Å². The molecule has 22 heavy (non-hydrogen) atoms. The van der Waals surface area contributed by atoms with Crippen LogP contribution in [0.2, 0.25) is 0 Å². The van der Waals surface area contributed by atoms with Gasteiger partial charge in [0.05, 0.1) is 6.10 Å². The standard InChI is InChI=1S/C18H30O4/c1-2-3-11-16(19)13-9-10-14-17(20)12-7-5-4-6-8-15-18(21)22/h9-10,13-14,16,19H,2-8,11-12,15H2,1H3,(H,21,22)/b13-9+,14-10+. The van der Waals surface area contributed by atoms with Gasteiger partial charge in [-0.15, -0.1) is 0 Å². The van der Waals surface area contributed by atoms with Gasteiger partial charge in [-0.25, -0.2) is 0 Å². The summed E-state index contributed by atoms with van der Waals surface area (Å²) in [6.07, 6.45) is 14.3. The Kier molecular flexibility index (Phi) is 13.6. The number of carbonyl (C=O) groups is 2. The summed E-state index contributed by atoms with van der Waals surface area (Å²) in [5.74, 6) is -0.647. The molecule has 0 aliphatic carbocycles. The predicted molar refractivity (Wildman–Crippen MR) is 88.8 cm³/mol. The number of carboxylic acids is 1. The molecule has 0 aliphatic rings. The predicted octanol–water partition coefficient (Wildman–Crippen LogP) is 4.03. The second kappa shape index (κ2) is 14.5. The van der Waals surface area contributed by atoms with Crippen molar-refractivity contribution in [1.29, 1.82) is 0 Å². The first-order valence-electron chi connectivity index (χ1n) is 8.33. The van der Waals surface area contributed by atoms with Crippen molar-refractivity contribution in [2.45, 2.75) is 77.2 Å². The average molecular weight is 310 g/mol. The Morgan fingerprint density at radius 1 is 0.955 bits per heavy atom. The molecule has 0 spiro atoms. The van der Waals surface area contributed by atoms with Crippen LogP contribution in [-0.2, 0) is 9.59 Å². The number of hydrogen-bond donors (Lipinski definition) is 2. The number of allylic oxidation sites excluding steroid dienone is 3. The summed E-state index contributed by atoms with van der Waals surface area (Å²) in [6.45, 7) is 2.08. The summed E-state index contributed by atoms with van der Waals surface area (Å²) in [5, 5.41) is 18.1. The van der Waals surface area contributed by atoms with Gasteiger partial charge in [0.2, 0.25) is 0 Å². The van der Waals surface area contributed by atoms with Gasteiger partial charge in [-0.3, -0.25) is 9.59 Å². The van der Waals surface area contributed by atoms with E-state index in [2.05, 4.69) is 6.92 Å². The summed E-state index contributed by atoms with van der Waals surface area (Å²) in [7, 11) is 0. The highest BCUT2D eigenvalue weighted by Gasteiger charge is 1.99. The number of ketones is 1. The van der Waals surface area contributed by atoms with Gasteiger partial charge >= 0.3 is 5.97 Å². The summed E-state index contributed by atoms with van der Waals surface area (Å²) in [6, 6.07) is 0. The largest absolute Gasteiger partial charge is 0.481 e. The van der Waals surface area contributed by atoms with E-state index in [4.69, 9.17) is 5.11 Å². The van der Waals surface area contributed by atoms with E-state index >= 15 is 0 Å². The fourth-order valence-corrected chi connectivity index (χ4v) is 2.05. The van der Waals surface area contributed by atoms with Crippen LogP contribution >= 0.6 is 0 Å². The minimum atomic E-state index is -0.742. The van der Waals surface area contributed by atoms with Crippen molar-refractivity contribution in [3.05, 3.63) is 24.3 Å². The molecule has 2 N–H and O–H groups in total. The number of rotatable bonds is 14. The molecular formula is C18H30O4. The van der Waals surface area contributed by atoms with Gasteiger partial charge in [0.1, 0.15) is 0 Å². The van der Waals surface area contributed by atoms with Crippen LogP contribution in [-0.4, -0.2) is 28.1 Å². The highest BCUT2D eigenvalue weighted by atomic mass is 16.4. The number of unbranched alkanes of at least 4 members (excludes halogenated alkanes) is 5. The molecule has 1 atom stereocenters. The number of aliphatic hydroxyl groups excluding tert-OH is 1. The Morgan fingerprint density at radius 2 is 1.59 bits per heavy atom. The lowest BCUT2D eigenvalue weighted by atomic mass is 10.1. The fraction of sp³-hybridized carbons (Fsp3) is 0.667. The molecule has 0 aromatic heterocycles. The molecular weight excluding hydrogens is 280 g/mol. The number of aliphatic hydroxyl groups is 1. The van der Waals surface area contributed by atoms with Crippen molar-refractivity contribution < 1.29 is 19.8 Å². The first-order chi connectivity index (χ1) is 10.6. The minimum Gasteiger partial charge on any atom is -0.481 e. The molecule has 1 unspecified atom stereocenters. The molecule has 0 radical (unpaired) electrons. The Morgan fingerprint density at radius 3 is 2.23 bits per heavy atom. The van der Waals surface area contributed by atoms with Gasteiger partial charge in [0.25, 0.3) is 0 Å². The van der Waals surface area contributed by atoms with Gasteiger partial charge in [0, 0.05) is 12.8 Å². The van der Waals surface area contributed by atoms with E-state index in [1.807, 2.05) is 0 Å². The van der Waals surface area contributed by atoms with Gasteiger partial charge < -0.3 is 10.2 Å². The van der Waals surface area contributed by atoms with Gasteiger partial charge in [0.15, 0.2) is 5.78 Å². The number of hydrogen-bond acceptors (Lipinski definition) is 3. The quantitative estimate of drug-likeness (QED) is 0.288. The normalized spacial score (nSPS) is 13.0. The lowest BCUT2D eigenvalue weighted by Gasteiger charge is -2.01. The topological polar surface area (TPSA) is 74.6 Å². The monoisotopic (exact) mass is 310 g/mol. The molecule has 0 aromatic carbocycles. The van der Waals surface area contributed by atoms with Crippen LogP contribution < -0.4 is 0 Å². The molecule has 0 rings (SSSR count). The maximum atomic E-state index is 11.6. The maximum Gasteiger partial charge on any atom is 0.303 e. The molecule has 4 heteroatoms. The smallest absolute Gasteiger partial charge is 0.303 e. The molecule has 0 bridgehead atoms. The van der Waals surface area contributed by atoms with Crippen LogP contribution in [0.1, 0.15) is 71.1 Å². The minimum absolute atomic E-state index is 0.0956. The van der Waals surface area contributed by atoms with E-state index in [0.717, 1.165) is 44.9 Å². The lowest BCUT2D eigenvalue weighted by Crippen LogP contribution is -2.00. The Bertz CT molecular complexity index is 358. The average Bonchev–Trinajstić information content (AvgIpc) is 2.48. The molecule has 0 heterocycles. The molecule has 0 saturated heterocycles. The Balaban J connectivity index is 3.58. The van der Waals surface area contributed by atoms with Crippen LogP contribution in [0.5, 0.6) is 0 Å². The Labute approximate surface area is 133 Å². The molecule has 4 nitrogen and oxygen atoms in total. The van der Waals surface area contributed by atoms with E-state index in [0.29, 0.717) is 12.8 Å². The zero-order valence-electron chi connectivity index (χ0n) is 13.7. The van der Waals surface area contributed by atoms with Crippen molar-refractivity contribution in [2.75, 3.05) is 0 Å². The van der Waals surface area contributed by atoms with Crippen LogP contribution in [0.3, 0.4) is 0 Å². The molecule has 0 aliphatic heterocycles. The van der Waals surface area contributed by atoms with Crippen LogP contribution in [0.25, 0.3) is 0 Å². The highest BCUT2D eigenvalue weighted by Crippen LogP contribution is 2.08. The molecule has 0 fully saturated rings. The lowest BCUT2D eigenvalue weighted by molar-refractivity contribution is -0.137. The summed E-state index contributed by atoms with van der Waals surface area (Å²) >= 11 is 0. The number of carboxylic acid groups (broad SMARTS) is 1. The number of carbonyl (C=O) groups excluding carboxylic acids is 1. The van der Waals surface area contributed by atoms with Crippen LogP contribution in [0.15, 0.2) is 24.3 Å². The number of aliphatic carboxylic acids is 1. The van der Waals surface area contributed by atoms with Gasteiger partial charge in [-0.1, -0.05) is 57.3 Å². The van der Waals surface area contributed by atoms with E-state index in [-0.39, 0.29) is 12.2 Å². The first-order valence-corrected chi connectivity index (χ1v) is 8.33. The van der Waals surface area contributed by atoms with Gasteiger partial charge in [-0.05, 0) is 25.3 Å². The van der Waals surface area contributed by atoms with Crippen molar-refractivity contribution >= 4 is 11.8 Å². The molecule has 0 aromatic rings. The zero-order valence-corrected chi connectivity index (χ0v) is 13.7. The third-order valence-electron chi connectivity index (χ3n) is 3.39. The fourth-order valence-electron chi connectivity index (χ4n) is 2.05. The van der Waals surface area contributed by atoms with Crippen molar-refractivity contribution in [2.24, 2.45) is 0 Å². The van der Waals surface area contributed by atoms with Crippen molar-refractivity contribution in [3.63, 3.8) is 0 Å². The summed E-state index contributed by atoms with van der Waals surface area (Å²) < 4.78 is 0. The van der Waals surface area contributed by atoms with E-state index in [1.165, 1.54) is 0 Å². The second-order valence-corrected chi connectivity index (χ2v) is 5.58. The van der Waals surface area contributed by atoms with Crippen LogP contribution in [0, 0.1) is 0 Å². The third-order valence-corrected chi connectivity index (χ3v) is 3.39. The highest BCUT2D eigenvalue weighted by molar-refractivity contribution is 5.89. The molecule has 0 amide bonds. The third kappa shape index (κ3) is 15.0. The van der Waals surface area contributed by atoms with Gasteiger partial charge in [-0.2, -0.15) is 0 Å². The maximum absolute atomic E-state index is 11.6. The van der Waals surface area contributed by atoms with Crippen molar-refractivity contribution in [3.8, 4) is 0 Å². The van der Waals surface area contributed by atoms with E-state index in [1.54, 1.807) is 24.3 Å². The first kappa shape index (κ1) is 20.6. The zero-order chi connectivity index (χ0) is 16.6. The van der Waals surface area contributed by atoms with Crippen LogP contribution in [0.4, 0.5) is 0 Å². The summed E-state index contributed by atoms with van der Waals surface area (Å²) in [4.78, 5) is 21.9. The molecule has 126 valence electrons. The molecule has 0 saturated carbocycles.